The Hall–Kier alpha value is -4.33. The monoisotopic (exact) mass is 397 g/mol. The zero-order chi connectivity index (χ0) is 20.7. The third kappa shape index (κ3) is 3.10. The van der Waals surface area contributed by atoms with Crippen LogP contribution < -0.4 is 0 Å². The summed E-state index contributed by atoms with van der Waals surface area (Å²) in [5.74, 6) is 1.37. The molecule has 30 heavy (non-hydrogen) atoms. The molecule has 8 nitrogen and oxygen atoms in total. The molecular weight excluding hydrogens is 382 g/mol. The fourth-order valence-electron chi connectivity index (χ4n) is 3.34. The maximum Gasteiger partial charge on any atom is 0.271 e. The van der Waals surface area contributed by atoms with Gasteiger partial charge in [-0.3, -0.25) is 10.1 Å². The highest BCUT2D eigenvalue weighted by Gasteiger charge is 2.17. The summed E-state index contributed by atoms with van der Waals surface area (Å²) < 4.78 is 5.94. The Morgan fingerprint density at radius 1 is 0.933 bits per heavy atom. The molecule has 8 heteroatoms. The zero-order valence-electron chi connectivity index (χ0n) is 15.9. The molecule has 0 radical (unpaired) electrons. The van der Waals surface area contributed by atoms with Crippen LogP contribution in [0.15, 0.2) is 71.1 Å². The lowest BCUT2D eigenvalue weighted by atomic mass is 10.1. The minimum absolute atomic E-state index is 0.00526. The van der Waals surface area contributed by atoms with E-state index in [1.807, 2.05) is 55.5 Å². The normalized spacial score (nSPS) is 11.1. The number of H-pyrrole nitrogens is 1. The van der Waals surface area contributed by atoms with Crippen molar-refractivity contribution in [3.63, 3.8) is 0 Å². The summed E-state index contributed by atoms with van der Waals surface area (Å²) in [4.78, 5) is 18.3. The number of fused-ring (bicyclic) bond motifs is 1. The molecule has 1 N–H and O–H groups in total. The molecule has 0 aliphatic carbocycles. The molecule has 2 aromatic heterocycles. The average Bonchev–Trinajstić information content (AvgIpc) is 3.40. The van der Waals surface area contributed by atoms with Crippen molar-refractivity contribution in [2.75, 3.05) is 0 Å². The molecule has 0 unspecified atom stereocenters. The van der Waals surface area contributed by atoms with E-state index in [1.165, 1.54) is 12.1 Å². The maximum absolute atomic E-state index is 11.0. The van der Waals surface area contributed by atoms with E-state index < -0.39 is 4.92 Å². The molecule has 2 heterocycles. The number of aromatic nitrogens is 4. The van der Waals surface area contributed by atoms with Crippen LogP contribution in [0.2, 0.25) is 0 Å². The molecule has 0 spiro atoms. The highest BCUT2D eigenvalue weighted by atomic mass is 16.6. The summed E-state index contributed by atoms with van der Waals surface area (Å²) in [6.07, 6.45) is 0. The molecule has 0 saturated heterocycles. The van der Waals surface area contributed by atoms with Gasteiger partial charge in [0.1, 0.15) is 5.82 Å². The number of hydrogen-bond acceptors (Lipinski definition) is 6. The van der Waals surface area contributed by atoms with Crippen LogP contribution in [0.25, 0.3) is 45.3 Å². The van der Waals surface area contributed by atoms with Crippen molar-refractivity contribution in [3.05, 3.63) is 82.4 Å². The SMILES string of the molecule is Cc1cccc(-c2nnc(-c3ccccc3-c3nc4ccc([N+](=O)[O-])cc4[nH]3)o2)c1. The quantitative estimate of drug-likeness (QED) is 0.331. The smallest absolute Gasteiger partial charge is 0.271 e. The fourth-order valence-corrected chi connectivity index (χ4v) is 3.34. The van der Waals surface area contributed by atoms with E-state index in [9.17, 15) is 10.1 Å². The molecule has 0 saturated carbocycles. The van der Waals surface area contributed by atoms with Gasteiger partial charge in [0.25, 0.3) is 5.69 Å². The van der Waals surface area contributed by atoms with Gasteiger partial charge in [0, 0.05) is 28.8 Å². The van der Waals surface area contributed by atoms with E-state index in [0.29, 0.717) is 28.6 Å². The second-order valence-corrected chi connectivity index (χ2v) is 6.87. The van der Waals surface area contributed by atoms with Crippen LogP contribution >= 0.6 is 0 Å². The molecule has 5 rings (SSSR count). The zero-order valence-corrected chi connectivity index (χ0v) is 15.9. The number of nitro benzene ring substituents is 1. The molecule has 5 aromatic rings. The van der Waals surface area contributed by atoms with Crippen LogP contribution in [0.1, 0.15) is 5.56 Å². The summed E-state index contributed by atoms with van der Waals surface area (Å²) in [6, 6.07) is 19.9. The number of rotatable bonds is 4. The molecule has 0 fully saturated rings. The lowest BCUT2D eigenvalue weighted by Crippen LogP contribution is -1.87. The van der Waals surface area contributed by atoms with Gasteiger partial charge >= 0.3 is 0 Å². The first-order chi connectivity index (χ1) is 14.6. The van der Waals surface area contributed by atoms with Crippen molar-refractivity contribution < 1.29 is 9.34 Å². The predicted molar refractivity (Wildman–Crippen MR) is 112 cm³/mol. The van der Waals surface area contributed by atoms with Crippen LogP contribution in [0, 0.1) is 17.0 Å². The lowest BCUT2D eigenvalue weighted by molar-refractivity contribution is -0.384. The summed E-state index contributed by atoms with van der Waals surface area (Å²) in [5, 5.41) is 19.5. The molecular formula is C22H15N5O3. The van der Waals surface area contributed by atoms with E-state index in [-0.39, 0.29) is 5.69 Å². The van der Waals surface area contributed by atoms with Crippen molar-refractivity contribution in [1.29, 1.82) is 0 Å². The second kappa shape index (κ2) is 6.93. The molecule has 0 aliphatic rings. The first kappa shape index (κ1) is 17.7. The number of imidazole rings is 1. The summed E-state index contributed by atoms with van der Waals surface area (Å²) in [7, 11) is 0. The van der Waals surface area contributed by atoms with E-state index in [0.717, 1.165) is 22.3 Å². The predicted octanol–water partition coefficient (Wildman–Crippen LogP) is 5.16. The Morgan fingerprint density at radius 2 is 1.73 bits per heavy atom. The summed E-state index contributed by atoms with van der Waals surface area (Å²) >= 11 is 0. The topological polar surface area (TPSA) is 111 Å². The van der Waals surface area contributed by atoms with Crippen molar-refractivity contribution >= 4 is 16.7 Å². The van der Waals surface area contributed by atoms with Gasteiger partial charge in [-0.15, -0.1) is 10.2 Å². The van der Waals surface area contributed by atoms with Crippen LogP contribution in [-0.2, 0) is 0 Å². The van der Waals surface area contributed by atoms with E-state index >= 15 is 0 Å². The molecule has 0 amide bonds. The Balaban J connectivity index is 1.58. The van der Waals surface area contributed by atoms with Crippen molar-refractivity contribution in [2.45, 2.75) is 6.92 Å². The number of nitro groups is 1. The molecule has 0 bridgehead atoms. The number of nitrogens with zero attached hydrogens (tertiary/aromatic N) is 4. The van der Waals surface area contributed by atoms with Crippen molar-refractivity contribution in [3.8, 4) is 34.3 Å². The molecule has 146 valence electrons. The highest BCUT2D eigenvalue weighted by Crippen LogP contribution is 2.33. The minimum Gasteiger partial charge on any atom is -0.416 e. The Bertz CT molecular complexity index is 1400. The number of non-ortho nitro benzene ring substituents is 1. The van der Waals surface area contributed by atoms with Gasteiger partial charge < -0.3 is 9.40 Å². The van der Waals surface area contributed by atoms with Gasteiger partial charge in [-0.2, -0.15) is 0 Å². The number of benzene rings is 3. The summed E-state index contributed by atoms with van der Waals surface area (Å²) in [5.41, 5.74) is 4.65. The average molecular weight is 397 g/mol. The summed E-state index contributed by atoms with van der Waals surface area (Å²) in [6.45, 7) is 2.00. The molecule has 0 atom stereocenters. The van der Waals surface area contributed by atoms with Gasteiger partial charge in [0.15, 0.2) is 0 Å². The van der Waals surface area contributed by atoms with Gasteiger partial charge in [-0.05, 0) is 31.2 Å². The maximum atomic E-state index is 11.0. The second-order valence-electron chi connectivity index (χ2n) is 6.87. The van der Waals surface area contributed by atoms with Gasteiger partial charge in [0.2, 0.25) is 11.8 Å². The van der Waals surface area contributed by atoms with Crippen molar-refractivity contribution in [2.24, 2.45) is 0 Å². The van der Waals surface area contributed by atoms with E-state index in [4.69, 9.17) is 4.42 Å². The number of nitrogens with one attached hydrogen (secondary N) is 1. The van der Waals surface area contributed by atoms with Crippen molar-refractivity contribution in [1.82, 2.24) is 20.2 Å². The first-order valence-corrected chi connectivity index (χ1v) is 9.23. The van der Waals surface area contributed by atoms with Crippen LogP contribution in [0.4, 0.5) is 5.69 Å². The van der Waals surface area contributed by atoms with Crippen LogP contribution in [0.5, 0.6) is 0 Å². The standard InChI is InChI=1S/C22H15N5O3/c1-13-5-4-6-14(11-13)21-25-26-22(30-21)17-8-3-2-7-16(17)20-23-18-10-9-15(27(28)29)12-19(18)24-20/h2-12H,1H3,(H,23,24). The van der Waals surface area contributed by atoms with Gasteiger partial charge in [-0.1, -0.05) is 35.9 Å². The number of hydrogen-bond donors (Lipinski definition) is 1. The van der Waals surface area contributed by atoms with Crippen LogP contribution in [-0.4, -0.2) is 25.1 Å². The molecule has 0 aliphatic heterocycles. The Morgan fingerprint density at radius 3 is 2.53 bits per heavy atom. The lowest BCUT2D eigenvalue weighted by Gasteiger charge is -2.03. The Labute approximate surface area is 170 Å². The largest absolute Gasteiger partial charge is 0.416 e. The minimum atomic E-state index is -0.431. The van der Waals surface area contributed by atoms with Crippen LogP contribution in [0.3, 0.4) is 0 Å². The van der Waals surface area contributed by atoms with Gasteiger partial charge in [0.05, 0.1) is 16.0 Å². The van der Waals surface area contributed by atoms with E-state index in [2.05, 4.69) is 20.2 Å². The number of aromatic amines is 1. The fraction of sp³-hybridized carbons (Fsp3) is 0.0455. The third-order valence-electron chi connectivity index (χ3n) is 4.78. The first-order valence-electron chi connectivity index (χ1n) is 9.23. The Kier molecular flexibility index (Phi) is 4.10. The van der Waals surface area contributed by atoms with E-state index in [1.54, 1.807) is 6.07 Å². The molecule has 3 aromatic carbocycles. The third-order valence-corrected chi connectivity index (χ3v) is 4.78. The number of aryl methyl sites for hydroxylation is 1. The van der Waals surface area contributed by atoms with Gasteiger partial charge in [-0.25, -0.2) is 4.98 Å². The highest BCUT2D eigenvalue weighted by molar-refractivity contribution is 5.85.